The van der Waals surface area contributed by atoms with E-state index in [1.54, 1.807) is 36.4 Å². The zero-order chi connectivity index (χ0) is 22.8. The normalized spacial score (nSPS) is 10.7. The third-order valence-corrected chi connectivity index (χ3v) is 5.29. The van der Waals surface area contributed by atoms with Crippen LogP contribution < -0.4 is 9.64 Å². The van der Waals surface area contributed by atoms with Gasteiger partial charge >= 0.3 is 0 Å². The number of ether oxygens (including phenoxy) is 1. The van der Waals surface area contributed by atoms with E-state index < -0.39 is 0 Å². The summed E-state index contributed by atoms with van der Waals surface area (Å²) in [5.41, 5.74) is 5.16. The second-order valence-corrected chi connectivity index (χ2v) is 7.85. The number of benzene rings is 4. The first-order valence-electron chi connectivity index (χ1n) is 10.3. The van der Waals surface area contributed by atoms with Crippen LogP contribution in [0.15, 0.2) is 78.9 Å². The van der Waals surface area contributed by atoms with Crippen LogP contribution in [0, 0.1) is 20.8 Å². The number of nitrogens with zero attached hydrogens (tertiary/aromatic N) is 1. The first-order chi connectivity index (χ1) is 15.3. The van der Waals surface area contributed by atoms with Crippen molar-refractivity contribution in [3.05, 3.63) is 95.6 Å². The van der Waals surface area contributed by atoms with Crippen LogP contribution in [-0.2, 0) is 0 Å². The van der Waals surface area contributed by atoms with E-state index in [4.69, 9.17) is 4.74 Å². The molecule has 0 atom stereocenters. The van der Waals surface area contributed by atoms with Gasteiger partial charge in [-0.1, -0.05) is 24.3 Å². The van der Waals surface area contributed by atoms with Crippen LogP contribution in [0.5, 0.6) is 28.7 Å². The maximum atomic E-state index is 10.2. The average Bonchev–Trinajstić information content (AvgIpc) is 2.75. The quantitative estimate of drug-likeness (QED) is 0.320. The molecule has 162 valence electrons. The summed E-state index contributed by atoms with van der Waals surface area (Å²) in [6.45, 7) is 5.83. The number of phenols is 3. The molecule has 0 fully saturated rings. The highest BCUT2D eigenvalue weighted by atomic mass is 16.5. The van der Waals surface area contributed by atoms with Crippen molar-refractivity contribution in [3.63, 3.8) is 0 Å². The Bertz CT molecular complexity index is 1230. The fraction of sp³-hybridized carbons (Fsp3) is 0.111. The van der Waals surface area contributed by atoms with Crippen molar-refractivity contribution in [2.45, 2.75) is 20.8 Å². The Balaban J connectivity index is 1.84. The van der Waals surface area contributed by atoms with Crippen LogP contribution >= 0.6 is 0 Å². The standard InChI is InChI=1S/C27H25NO4/c1-17-7-12-27(26(31)13-17)32-23-6-4-5-20(14-23)28(24-15-21(29)10-8-18(24)2)25-16-22(30)11-9-19(25)3/h4-16,29-31H,1-3H3. The SMILES string of the molecule is Cc1ccc(Oc2cccc(N(c3cc(O)ccc3C)c3cc(O)ccc3C)c2)c(O)c1. The van der Waals surface area contributed by atoms with Crippen LogP contribution in [0.3, 0.4) is 0 Å². The summed E-state index contributed by atoms with van der Waals surface area (Å²) in [5.74, 6) is 1.26. The Labute approximate surface area is 187 Å². The number of hydrogen-bond donors (Lipinski definition) is 3. The summed E-state index contributed by atoms with van der Waals surface area (Å²) in [7, 11) is 0. The molecule has 3 N–H and O–H groups in total. The minimum absolute atomic E-state index is 0.0694. The van der Waals surface area contributed by atoms with Gasteiger partial charge in [0.1, 0.15) is 17.2 Å². The Morgan fingerprint density at radius 3 is 1.88 bits per heavy atom. The maximum Gasteiger partial charge on any atom is 0.169 e. The monoisotopic (exact) mass is 427 g/mol. The number of rotatable bonds is 5. The van der Waals surface area contributed by atoms with Crippen molar-refractivity contribution in [1.29, 1.82) is 0 Å². The molecule has 4 aromatic carbocycles. The first kappa shape index (κ1) is 21.1. The van der Waals surface area contributed by atoms with E-state index in [-0.39, 0.29) is 17.2 Å². The van der Waals surface area contributed by atoms with Crippen molar-refractivity contribution in [3.8, 4) is 28.7 Å². The molecule has 0 aromatic heterocycles. The molecule has 0 radical (unpaired) electrons. The van der Waals surface area contributed by atoms with Crippen molar-refractivity contribution in [2.24, 2.45) is 0 Å². The minimum Gasteiger partial charge on any atom is -0.508 e. The van der Waals surface area contributed by atoms with Gasteiger partial charge in [0.25, 0.3) is 0 Å². The molecule has 0 aliphatic heterocycles. The molecule has 0 saturated heterocycles. The second-order valence-electron chi connectivity index (χ2n) is 7.85. The Morgan fingerprint density at radius 1 is 0.656 bits per heavy atom. The van der Waals surface area contributed by atoms with Crippen LogP contribution in [0.1, 0.15) is 16.7 Å². The van der Waals surface area contributed by atoms with E-state index >= 15 is 0 Å². The molecule has 5 nitrogen and oxygen atoms in total. The smallest absolute Gasteiger partial charge is 0.169 e. The van der Waals surface area contributed by atoms with Gasteiger partial charge in [0.15, 0.2) is 11.5 Å². The highest BCUT2D eigenvalue weighted by molar-refractivity contribution is 5.81. The van der Waals surface area contributed by atoms with Gasteiger partial charge in [0.2, 0.25) is 0 Å². The Kier molecular flexibility index (Phi) is 5.65. The Hall–Kier alpha value is -4.12. The van der Waals surface area contributed by atoms with Crippen molar-refractivity contribution >= 4 is 17.1 Å². The van der Waals surface area contributed by atoms with E-state index in [1.165, 1.54) is 0 Å². The van der Waals surface area contributed by atoms with Crippen molar-refractivity contribution in [2.75, 3.05) is 4.90 Å². The Morgan fingerprint density at radius 2 is 1.28 bits per heavy atom. The van der Waals surface area contributed by atoms with Gasteiger partial charge in [-0.2, -0.15) is 0 Å². The highest BCUT2D eigenvalue weighted by Gasteiger charge is 2.19. The number of anilines is 3. The van der Waals surface area contributed by atoms with Gasteiger partial charge in [-0.3, -0.25) is 0 Å². The van der Waals surface area contributed by atoms with E-state index in [1.807, 2.05) is 68.1 Å². The molecule has 0 bridgehead atoms. The molecular formula is C27H25NO4. The molecule has 0 unspecified atom stereocenters. The molecule has 0 aliphatic rings. The molecule has 32 heavy (non-hydrogen) atoms. The molecule has 0 saturated carbocycles. The predicted molar refractivity (Wildman–Crippen MR) is 127 cm³/mol. The van der Waals surface area contributed by atoms with Gasteiger partial charge in [0, 0.05) is 23.9 Å². The first-order valence-corrected chi connectivity index (χ1v) is 10.3. The average molecular weight is 428 g/mol. The molecule has 4 rings (SSSR count). The molecule has 5 heteroatoms. The predicted octanol–water partition coefficient (Wildman–Crippen LogP) is 6.99. The fourth-order valence-electron chi connectivity index (χ4n) is 3.61. The third kappa shape index (κ3) is 4.32. The topological polar surface area (TPSA) is 73.2 Å². The lowest BCUT2D eigenvalue weighted by Gasteiger charge is -2.29. The van der Waals surface area contributed by atoms with E-state index in [2.05, 4.69) is 0 Å². The summed E-state index contributed by atoms with van der Waals surface area (Å²) in [6, 6.07) is 23.1. The number of aryl methyl sites for hydroxylation is 3. The van der Waals surface area contributed by atoms with Gasteiger partial charge in [-0.15, -0.1) is 0 Å². The van der Waals surface area contributed by atoms with Gasteiger partial charge in [-0.05, 0) is 73.9 Å². The molecule has 0 spiro atoms. The van der Waals surface area contributed by atoms with Gasteiger partial charge < -0.3 is 25.0 Å². The second kappa shape index (κ2) is 8.55. The molecular weight excluding hydrogens is 402 g/mol. The lowest BCUT2D eigenvalue weighted by molar-refractivity contribution is 0.411. The summed E-state index contributed by atoms with van der Waals surface area (Å²) >= 11 is 0. The van der Waals surface area contributed by atoms with E-state index in [0.717, 1.165) is 33.8 Å². The molecule has 0 aliphatic carbocycles. The summed E-state index contributed by atoms with van der Waals surface area (Å²) < 4.78 is 5.96. The van der Waals surface area contributed by atoms with Gasteiger partial charge in [-0.25, -0.2) is 0 Å². The zero-order valence-electron chi connectivity index (χ0n) is 18.2. The van der Waals surface area contributed by atoms with Crippen molar-refractivity contribution < 1.29 is 20.1 Å². The molecule has 0 heterocycles. The highest BCUT2D eigenvalue weighted by Crippen LogP contribution is 2.42. The largest absolute Gasteiger partial charge is 0.508 e. The zero-order valence-corrected chi connectivity index (χ0v) is 18.2. The van der Waals surface area contributed by atoms with Crippen LogP contribution in [0.4, 0.5) is 17.1 Å². The van der Waals surface area contributed by atoms with E-state index in [0.29, 0.717) is 11.5 Å². The summed E-state index contributed by atoms with van der Waals surface area (Å²) in [5, 5.41) is 30.6. The van der Waals surface area contributed by atoms with Gasteiger partial charge in [0.05, 0.1) is 11.4 Å². The molecule has 4 aromatic rings. The fourth-order valence-corrected chi connectivity index (χ4v) is 3.61. The van der Waals surface area contributed by atoms with Crippen LogP contribution in [0.2, 0.25) is 0 Å². The lowest BCUT2D eigenvalue weighted by atomic mass is 10.1. The van der Waals surface area contributed by atoms with Crippen LogP contribution in [0.25, 0.3) is 0 Å². The minimum atomic E-state index is 0.0694. The van der Waals surface area contributed by atoms with Crippen molar-refractivity contribution in [1.82, 2.24) is 0 Å². The number of phenolic OH excluding ortho intramolecular Hbond substituents is 3. The third-order valence-electron chi connectivity index (χ3n) is 5.29. The number of aromatic hydroxyl groups is 3. The maximum absolute atomic E-state index is 10.2. The number of hydrogen-bond acceptors (Lipinski definition) is 5. The van der Waals surface area contributed by atoms with Crippen LogP contribution in [-0.4, -0.2) is 15.3 Å². The summed E-state index contributed by atoms with van der Waals surface area (Å²) in [6.07, 6.45) is 0. The summed E-state index contributed by atoms with van der Waals surface area (Å²) in [4.78, 5) is 1.96. The lowest BCUT2D eigenvalue weighted by Crippen LogP contribution is -2.12. The molecule has 0 amide bonds. The van der Waals surface area contributed by atoms with E-state index in [9.17, 15) is 15.3 Å².